The molecule has 0 saturated heterocycles. The highest BCUT2D eigenvalue weighted by Crippen LogP contribution is 2.33. The first kappa shape index (κ1) is 19.6. The summed E-state index contributed by atoms with van der Waals surface area (Å²) >= 11 is 0. The monoisotopic (exact) mass is 387 g/mol. The number of rotatable bonds is 8. The van der Waals surface area contributed by atoms with Crippen molar-refractivity contribution in [2.75, 3.05) is 13.4 Å². The summed E-state index contributed by atoms with van der Waals surface area (Å²) in [5.41, 5.74) is 2.03. The van der Waals surface area contributed by atoms with Gasteiger partial charge in [-0.1, -0.05) is 12.1 Å². The van der Waals surface area contributed by atoms with Gasteiger partial charge in [0.1, 0.15) is 18.1 Å². The number of aryl methyl sites for hydroxylation is 1. The molecule has 0 radical (unpaired) electrons. The van der Waals surface area contributed by atoms with Crippen LogP contribution in [0.1, 0.15) is 29.5 Å². The summed E-state index contributed by atoms with van der Waals surface area (Å²) in [5, 5.41) is 11.1. The molecule has 0 atom stereocenters. The average Bonchev–Trinajstić information content (AvgIpc) is 2.69. The minimum Gasteiger partial charge on any atom is -0.494 e. The quantitative estimate of drug-likeness (QED) is 0.295. The molecule has 0 N–H and O–H groups in total. The highest BCUT2D eigenvalue weighted by Gasteiger charge is 2.21. The molecule has 0 fully saturated rings. The normalized spacial score (nSPS) is 12.6. The van der Waals surface area contributed by atoms with Crippen molar-refractivity contribution in [3.05, 3.63) is 63.2 Å². The van der Waals surface area contributed by atoms with Crippen molar-refractivity contribution in [3.8, 4) is 11.5 Å². The zero-order chi connectivity index (χ0) is 19.9. The molecule has 8 heteroatoms. The number of fused-ring (bicyclic) bond motifs is 1. The highest BCUT2D eigenvalue weighted by atomic mass is 16.7. The van der Waals surface area contributed by atoms with Crippen LogP contribution in [0.2, 0.25) is 0 Å². The SMILES string of the molecule is Cc1cccc(OCCCC(=O)OCc2cc([N+](=O)[O-])cc3c2OCOC3)c1. The molecule has 0 unspecified atom stereocenters. The molecule has 2 aromatic rings. The molecule has 1 aliphatic heterocycles. The van der Waals surface area contributed by atoms with Gasteiger partial charge in [-0.15, -0.1) is 0 Å². The van der Waals surface area contributed by atoms with Crippen LogP contribution in [0, 0.1) is 17.0 Å². The van der Waals surface area contributed by atoms with Crippen LogP contribution in [0.25, 0.3) is 0 Å². The lowest BCUT2D eigenvalue weighted by Gasteiger charge is -2.20. The van der Waals surface area contributed by atoms with Crippen LogP contribution in [0.15, 0.2) is 36.4 Å². The van der Waals surface area contributed by atoms with Gasteiger partial charge < -0.3 is 18.9 Å². The number of esters is 1. The maximum Gasteiger partial charge on any atom is 0.306 e. The molecule has 3 rings (SSSR count). The van der Waals surface area contributed by atoms with Crippen molar-refractivity contribution >= 4 is 11.7 Å². The Labute approximate surface area is 162 Å². The molecular formula is C20H21NO7. The number of hydrogen-bond acceptors (Lipinski definition) is 7. The number of ether oxygens (including phenoxy) is 4. The van der Waals surface area contributed by atoms with E-state index in [2.05, 4.69) is 0 Å². The fourth-order valence-electron chi connectivity index (χ4n) is 2.84. The minimum atomic E-state index is -0.497. The molecule has 1 aliphatic rings. The second-order valence-corrected chi connectivity index (χ2v) is 6.39. The predicted octanol–water partition coefficient (Wildman–Crippen LogP) is 3.67. The lowest BCUT2D eigenvalue weighted by atomic mass is 10.1. The van der Waals surface area contributed by atoms with Gasteiger partial charge >= 0.3 is 5.97 Å². The Bertz CT molecular complexity index is 866. The van der Waals surface area contributed by atoms with Crippen LogP contribution in [-0.2, 0) is 27.5 Å². The molecule has 1 heterocycles. The van der Waals surface area contributed by atoms with E-state index in [0.717, 1.165) is 11.3 Å². The summed E-state index contributed by atoms with van der Waals surface area (Å²) in [7, 11) is 0. The minimum absolute atomic E-state index is 0.0576. The Morgan fingerprint density at radius 3 is 2.93 bits per heavy atom. The number of nitrogens with zero attached hydrogens (tertiary/aromatic N) is 1. The van der Waals surface area contributed by atoms with Gasteiger partial charge in [-0.2, -0.15) is 0 Å². The van der Waals surface area contributed by atoms with E-state index >= 15 is 0 Å². The lowest BCUT2D eigenvalue weighted by Crippen LogP contribution is -2.15. The fraction of sp³-hybridized carbons (Fsp3) is 0.350. The number of carbonyl (C=O) groups is 1. The van der Waals surface area contributed by atoms with Gasteiger partial charge in [0.15, 0.2) is 6.79 Å². The number of nitro benzene ring substituents is 1. The van der Waals surface area contributed by atoms with E-state index in [0.29, 0.717) is 29.9 Å². The molecule has 148 valence electrons. The Kier molecular flexibility index (Phi) is 6.44. The van der Waals surface area contributed by atoms with Crippen molar-refractivity contribution in [2.24, 2.45) is 0 Å². The molecule has 0 saturated carbocycles. The van der Waals surface area contributed by atoms with Crippen molar-refractivity contribution in [3.63, 3.8) is 0 Å². The molecule has 2 aromatic carbocycles. The first-order valence-electron chi connectivity index (χ1n) is 8.89. The summed E-state index contributed by atoms with van der Waals surface area (Å²) in [5.74, 6) is 0.837. The molecule has 0 aromatic heterocycles. The van der Waals surface area contributed by atoms with Crippen molar-refractivity contribution in [1.82, 2.24) is 0 Å². The van der Waals surface area contributed by atoms with Crippen molar-refractivity contribution < 1.29 is 28.7 Å². The molecule has 0 spiro atoms. The van der Waals surface area contributed by atoms with Crippen LogP contribution in [0.4, 0.5) is 5.69 Å². The van der Waals surface area contributed by atoms with Gasteiger partial charge in [0.05, 0.1) is 18.1 Å². The topological polar surface area (TPSA) is 97.1 Å². The van der Waals surface area contributed by atoms with Crippen LogP contribution >= 0.6 is 0 Å². The second-order valence-electron chi connectivity index (χ2n) is 6.39. The summed E-state index contributed by atoms with van der Waals surface area (Å²) in [6, 6.07) is 10.4. The first-order valence-corrected chi connectivity index (χ1v) is 8.89. The molecule has 0 bridgehead atoms. The third-order valence-electron chi connectivity index (χ3n) is 4.15. The smallest absolute Gasteiger partial charge is 0.306 e. The van der Waals surface area contributed by atoms with E-state index in [9.17, 15) is 14.9 Å². The van der Waals surface area contributed by atoms with E-state index in [1.54, 1.807) is 0 Å². The molecule has 28 heavy (non-hydrogen) atoms. The number of nitro groups is 1. The van der Waals surface area contributed by atoms with Crippen LogP contribution in [0.5, 0.6) is 11.5 Å². The maximum absolute atomic E-state index is 12.0. The summed E-state index contributed by atoms with van der Waals surface area (Å²) < 4.78 is 21.4. The van der Waals surface area contributed by atoms with Crippen molar-refractivity contribution in [1.29, 1.82) is 0 Å². The summed E-state index contributed by atoms with van der Waals surface area (Å²) in [4.78, 5) is 22.6. The van der Waals surface area contributed by atoms with E-state index in [-0.39, 0.29) is 32.1 Å². The average molecular weight is 387 g/mol. The number of benzene rings is 2. The number of non-ortho nitro benzene ring substituents is 1. The molecule has 8 nitrogen and oxygen atoms in total. The Hall–Kier alpha value is -3.13. The zero-order valence-electron chi connectivity index (χ0n) is 15.5. The summed E-state index contributed by atoms with van der Waals surface area (Å²) in [6.45, 7) is 2.55. The van der Waals surface area contributed by atoms with E-state index in [4.69, 9.17) is 18.9 Å². The third-order valence-corrected chi connectivity index (χ3v) is 4.15. The third kappa shape index (κ3) is 5.20. The first-order chi connectivity index (χ1) is 13.5. The molecule has 0 aliphatic carbocycles. The van der Waals surface area contributed by atoms with Crippen LogP contribution in [-0.4, -0.2) is 24.3 Å². The van der Waals surface area contributed by atoms with E-state index < -0.39 is 10.9 Å². The molecule has 0 amide bonds. The Balaban J connectivity index is 1.50. The highest BCUT2D eigenvalue weighted by molar-refractivity contribution is 5.69. The van der Waals surface area contributed by atoms with Gasteiger partial charge in [0.25, 0.3) is 5.69 Å². The number of carbonyl (C=O) groups excluding carboxylic acids is 1. The zero-order valence-corrected chi connectivity index (χ0v) is 15.5. The van der Waals surface area contributed by atoms with E-state index in [1.807, 2.05) is 31.2 Å². The van der Waals surface area contributed by atoms with Gasteiger partial charge in [-0.05, 0) is 31.0 Å². The Morgan fingerprint density at radius 2 is 2.14 bits per heavy atom. The van der Waals surface area contributed by atoms with E-state index in [1.165, 1.54) is 12.1 Å². The lowest BCUT2D eigenvalue weighted by molar-refractivity contribution is -0.385. The van der Waals surface area contributed by atoms with Crippen LogP contribution in [0.3, 0.4) is 0 Å². The Morgan fingerprint density at radius 1 is 1.29 bits per heavy atom. The second kappa shape index (κ2) is 9.18. The van der Waals surface area contributed by atoms with Crippen molar-refractivity contribution in [2.45, 2.75) is 33.0 Å². The van der Waals surface area contributed by atoms with Gasteiger partial charge in [0.2, 0.25) is 0 Å². The largest absolute Gasteiger partial charge is 0.494 e. The summed E-state index contributed by atoms with van der Waals surface area (Å²) in [6.07, 6.45) is 0.692. The van der Waals surface area contributed by atoms with Crippen LogP contribution < -0.4 is 9.47 Å². The standard InChI is InChI=1S/C20H21NO7/c1-14-4-2-5-18(8-14)26-7-3-6-19(22)27-12-16-10-17(21(23)24)9-15-11-25-13-28-20(15)16/h2,4-5,8-10H,3,6-7,11-13H2,1H3. The van der Waals surface area contributed by atoms with Gasteiger partial charge in [-0.3, -0.25) is 14.9 Å². The molecular weight excluding hydrogens is 366 g/mol. The predicted molar refractivity (Wildman–Crippen MR) is 99.1 cm³/mol. The number of hydrogen-bond donors (Lipinski definition) is 0. The van der Waals surface area contributed by atoms with Gasteiger partial charge in [-0.25, -0.2) is 0 Å². The maximum atomic E-state index is 12.0. The fourth-order valence-corrected chi connectivity index (χ4v) is 2.84. The van der Waals surface area contributed by atoms with Gasteiger partial charge in [0, 0.05) is 29.7 Å².